The number of esters is 2. The lowest BCUT2D eigenvalue weighted by molar-refractivity contribution is 0.0453. The van der Waals surface area contributed by atoms with E-state index in [1.807, 2.05) is 74.5 Å². The fourth-order valence-corrected chi connectivity index (χ4v) is 3.52. The van der Waals surface area contributed by atoms with E-state index in [2.05, 4.69) is 0 Å². The molecule has 0 N–H and O–H groups in total. The number of ether oxygens (including phenoxy) is 2. The minimum Gasteiger partial charge on any atom is -0.462 e. The summed E-state index contributed by atoms with van der Waals surface area (Å²) in [5.41, 5.74) is 4.04. The summed E-state index contributed by atoms with van der Waals surface area (Å²) in [5.74, 6) is -1.00. The van der Waals surface area contributed by atoms with Crippen molar-refractivity contribution in [3.05, 3.63) is 83.9 Å². The van der Waals surface area contributed by atoms with E-state index >= 15 is 0 Å². The van der Waals surface area contributed by atoms with E-state index in [-0.39, 0.29) is 11.1 Å². The summed E-state index contributed by atoms with van der Waals surface area (Å²) in [4.78, 5) is 26.1. The van der Waals surface area contributed by atoms with E-state index in [9.17, 15) is 9.59 Å². The van der Waals surface area contributed by atoms with Crippen LogP contribution in [0.4, 0.5) is 0 Å². The molecule has 0 atom stereocenters. The van der Waals surface area contributed by atoms with Crippen LogP contribution in [-0.2, 0) is 9.47 Å². The van der Waals surface area contributed by atoms with Crippen LogP contribution < -0.4 is 0 Å². The number of unbranched alkanes of at least 4 members (excludes halogenated alkanes) is 2. The lowest BCUT2D eigenvalue weighted by atomic mass is 9.89. The standard InChI is InChI=1S/C28H30O4/c1-3-5-19-31-27(29)25-18-12-17-24(26(25)28(30)32-20-6-4-2)23-16-11-10-15-22(23)21-13-8-7-9-14-21/h7-18H,3-6,19-20H2,1-2H3. The number of carbonyl (C=O) groups excluding carboxylic acids is 2. The molecule has 4 heteroatoms. The van der Waals surface area contributed by atoms with Gasteiger partial charge in [-0.25, -0.2) is 9.59 Å². The first-order chi connectivity index (χ1) is 15.7. The average Bonchev–Trinajstić information content (AvgIpc) is 2.84. The maximum absolute atomic E-state index is 13.2. The monoisotopic (exact) mass is 430 g/mol. The summed E-state index contributed by atoms with van der Waals surface area (Å²) in [7, 11) is 0. The molecule has 3 rings (SSSR count). The summed E-state index contributed by atoms with van der Waals surface area (Å²) in [5, 5.41) is 0. The Kier molecular flexibility index (Phi) is 8.61. The summed E-state index contributed by atoms with van der Waals surface area (Å²) in [6, 6.07) is 23.2. The van der Waals surface area contributed by atoms with Crippen LogP contribution in [0.1, 0.15) is 60.2 Å². The molecule has 0 radical (unpaired) electrons. The highest BCUT2D eigenvalue weighted by molar-refractivity contribution is 6.09. The second-order valence-electron chi connectivity index (χ2n) is 7.62. The number of hydrogen-bond donors (Lipinski definition) is 0. The molecule has 32 heavy (non-hydrogen) atoms. The Balaban J connectivity index is 2.11. The van der Waals surface area contributed by atoms with Crippen LogP contribution in [0.25, 0.3) is 22.3 Å². The molecule has 0 unspecified atom stereocenters. The van der Waals surface area contributed by atoms with Gasteiger partial charge in [0.25, 0.3) is 0 Å². The van der Waals surface area contributed by atoms with Crippen molar-refractivity contribution in [2.75, 3.05) is 13.2 Å². The zero-order valence-electron chi connectivity index (χ0n) is 18.8. The van der Waals surface area contributed by atoms with Gasteiger partial charge in [-0.3, -0.25) is 0 Å². The van der Waals surface area contributed by atoms with Crippen molar-refractivity contribution in [3.8, 4) is 22.3 Å². The molecule has 3 aromatic carbocycles. The molecule has 0 bridgehead atoms. The van der Waals surface area contributed by atoms with Crippen molar-refractivity contribution in [3.63, 3.8) is 0 Å². The van der Waals surface area contributed by atoms with Gasteiger partial charge in [0.05, 0.1) is 24.3 Å². The maximum Gasteiger partial charge on any atom is 0.339 e. The predicted octanol–water partition coefficient (Wildman–Crippen LogP) is 6.93. The molecule has 0 aliphatic carbocycles. The molecule has 3 aromatic rings. The molecule has 4 nitrogen and oxygen atoms in total. The maximum atomic E-state index is 13.2. The van der Waals surface area contributed by atoms with Crippen molar-refractivity contribution in [2.45, 2.75) is 39.5 Å². The predicted molar refractivity (Wildman–Crippen MR) is 128 cm³/mol. The van der Waals surface area contributed by atoms with Crippen LogP contribution in [0.15, 0.2) is 72.8 Å². The van der Waals surface area contributed by atoms with Crippen LogP contribution in [0.3, 0.4) is 0 Å². The summed E-state index contributed by atoms with van der Waals surface area (Å²) in [6.07, 6.45) is 3.38. The Bertz CT molecular complexity index is 1040. The first-order valence-corrected chi connectivity index (χ1v) is 11.3. The molecule has 0 fully saturated rings. The third kappa shape index (κ3) is 5.64. The third-order valence-corrected chi connectivity index (χ3v) is 5.25. The normalized spacial score (nSPS) is 10.6. The molecule has 0 saturated carbocycles. The Labute approximate surface area is 190 Å². The Morgan fingerprint density at radius 3 is 1.84 bits per heavy atom. The van der Waals surface area contributed by atoms with Gasteiger partial charge in [0.1, 0.15) is 0 Å². The van der Waals surface area contributed by atoms with E-state index in [4.69, 9.17) is 9.47 Å². The number of hydrogen-bond acceptors (Lipinski definition) is 4. The molecule has 0 spiro atoms. The topological polar surface area (TPSA) is 52.6 Å². The van der Waals surface area contributed by atoms with E-state index in [0.29, 0.717) is 18.8 Å². The number of carbonyl (C=O) groups is 2. The van der Waals surface area contributed by atoms with Gasteiger partial charge in [-0.1, -0.05) is 93.4 Å². The van der Waals surface area contributed by atoms with E-state index in [1.165, 1.54) is 0 Å². The zero-order chi connectivity index (χ0) is 22.8. The van der Waals surface area contributed by atoms with E-state index < -0.39 is 11.9 Å². The SMILES string of the molecule is CCCCOC(=O)c1cccc(-c2ccccc2-c2ccccc2)c1C(=O)OCCCC. The minimum absolute atomic E-state index is 0.239. The van der Waals surface area contributed by atoms with Gasteiger partial charge in [0.15, 0.2) is 0 Å². The van der Waals surface area contributed by atoms with Crippen molar-refractivity contribution in [1.29, 1.82) is 0 Å². The van der Waals surface area contributed by atoms with Gasteiger partial charge >= 0.3 is 11.9 Å². The van der Waals surface area contributed by atoms with Crippen LogP contribution >= 0.6 is 0 Å². The summed E-state index contributed by atoms with van der Waals surface area (Å²) >= 11 is 0. The van der Waals surface area contributed by atoms with Gasteiger partial charge in [-0.15, -0.1) is 0 Å². The quantitative estimate of drug-likeness (QED) is 0.258. The van der Waals surface area contributed by atoms with Gasteiger partial charge in [0.2, 0.25) is 0 Å². The molecule has 166 valence electrons. The molecular weight excluding hydrogens is 400 g/mol. The van der Waals surface area contributed by atoms with Crippen molar-refractivity contribution in [1.82, 2.24) is 0 Å². The second-order valence-corrected chi connectivity index (χ2v) is 7.62. The third-order valence-electron chi connectivity index (χ3n) is 5.25. The van der Waals surface area contributed by atoms with Gasteiger partial charge in [-0.2, -0.15) is 0 Å². The van der Waals surface area contributed by atoms with Crippen LogP contribution in [0.5, 0.6) is 0 Å². The Morgan fingerprint density at radius 2 is 1.19 bits per heavy atom. The molecule has 0 aromatic heterocycles. The highest BCUT2D eigenvalue weighted by Gasteiger charge is 2.25. The minimum atomic E-state index is -0.501. The van der Waals surface area contributed by atoms with Crippen LogP contribution in [0, 0.1) is 0 Å². The summed E-state index contributed by atoms with van der Waals surface area (Å²) in [6.45, 7) is 4.71. The highest BCUT2D eigenvalue weighted by Crippen LogP contribution is 2.35. The fourth-order valence-electron chi connectivity index (χ4n) is 3.52. The molecule has 0 aliphatic rings. The highest BCUT2D eigenvalue weighted by atomic mass is 16.5. The van der Waals surface area contributed by atoms with E-state index in [0.717, 1.165) is 42.4 Å². The van der Waals surface area contributed by atoms with Crippen molar-refractivity contribution in [2.24, 2.45) is 0 Å². The van der Waals surface area contributed by atoms with E-state index in [1.54, 1.807) is 12.1 Å². The number of rotatable bonds is 10. The molecule has 0 aliphatic heterocycles. The van der Waals surface area contributed by atoms with Gasteiger partial charge in [0, 0.05) is 0 Å². The molecule has 0 heterocycles. The lowest BCUT2D eigenvalue weighted by Crippen LogP contribution is -2.16. The largest absolute Gasteiger partial charge is 0.462 e. The Hall–Kier alpha value is -3.40. The smallest absolute Gasteiger partial charge is 0.339 e. The number of benzene rings is 3. The summed E-state index contributed by atoms with van der Waals surface area (Å²) < 4.78 is 11.0. The molecule has 0 amide bonds. The van der Waals surface area contributed by atoms with Crippen molar-refractivity contribution >= 4 is 11.9 Å². The Morgan fingerprint density at radius 1 is 0.625 bits per heavy atom. The second kappa shape index (κ2) is 11.8. The molecular formula is C28H30O4. The van der Waals surface area contributed by atoms with Gasteiger partial charge < -0.3 is 9.47 Å². The fraction of sp³-hybridized carbons (Fsp3) is 0.286. The van der Waals surface area contributed by atoms with Crippen molar-refractivity contribution < 1.29 is 19.1 Å². The van der Waals surface area contributed by atoms with Crippen LogP contribution in [-0.4, -0.2) is 25.2 Å². The van der Waals surface area contributed by atoms with Crippen LogP contribution in [0.2, 0.25) is 0 Å². The zero-order valence-corrected chi connectivity index (χ0v) is 18.8. The van der Waals surface area contributed by atoms with Gasteiger partial charge in [-0.05, 0) is 41.2 Å². The molecule has 0 saturated heterocycles. The lowest BCUT2D eigenvalue weighted by Gasteiger charge is -2.17. The first kappa shape index (κ1) is 23.3. The first-order valence-electron chi connectivity index (χ1n) is 11.3. The average molecular weight is 431 g/mol.